The molecule has 9 heteroatoms. The number of amides is 1. The minimum atomic E-state index is -3.64. The van der Waals surface area contributed by atoms with E-state index in [-0.39, 0.29) is 17.0 Å². The van der Waals surface area contributed by atoms with Crippen LogP contribution in [0.3, 0.4) is 0 Å². The van der Waals surface area contributed by atoms with E-state index < -0.39 is 28.0 Å². The first-order chi connectivity index (χ1) is 13.4. The monoisotopic (exact) mass is 406 g/mol. The van der Waals surface area contributed by atoms with Crippen LogP contribution >= 0.6 is 0 Å². The number of nitrogens with zero attached hydrogens (tertiary/aromatic N) is 1. The van der Waals surface area contributed by atoms with Gasteiger partial charge in [-0.05, 0) is 50.1 Å². The van der Waals surface area contributed by atoms with E-state index in [4.69, 9.17) is 9.15 Å². The Bertz CT molecular complexity index is 933. The van der Waals surface area contributed by atoms with Crippen molar-refractivity contribution in [1.29, 1.82) is 0 Å². The number of benzene rings is 1. The maximum absolute atomic E-state index is 12.6. The second kappa shape index (κ2) is 8.57. The first-order valence-electron chi connectivity index (χ1n) is 8.99. The molecule has 1 aliphatic rings. The summed E-state index contributed by atoms with van der Waals surface area (Å²) >= 11 is 0. The highest BCUT2D eigenvalue weighted by atomic mass is 32.2. The van der Waals surface area contributed by atoms with Crippen molar-refractivity contribution in [2.24, 2.45) is 0 Å². The van der Waals surface area contributed by atoms with Crippen molar-refractivity contribution >= 4 is 21.9 Å². The highest BCUT2D eigenvalue weighted by Crippen LogP contribution is 2.22. The predicted molar refractivity (Wildman–Crippen MR) is 99.9 cm³/mol. The number of furan rings is 1. The Morgan fingerprint density at radius 1 is 1.21 bits per heavy atom. The van der Waals surface area contributed by atoms with Crippen LogP contribution in [0.15, 0.2) is 52.0 Å². The molecule has 2 aromatic rings. The van der Waals surface area contributed by atoms with Crippen molar-refractivity contribution in [2.45, 2.75) is 37.3 Å². The predicted octanol–water partition coefficient (Wildman–Crippen LogP) is 1.93. The summed E-state index contributed by atoms with van der Waals surface area (Å²) in [5.74, 6) is -0.670. The summed E-state index contributed by atoms with van der Waals surface area (Å²) < 4.78 is 37.0. The fourth-order valence-corrected chi connectivity index (χ4v) is 4.44. The van der Waals surface area contributed by atoms with Gasteiger partial charge in [0.2, 0.25) is 10.0 Å². The number of hydrogen-bond acceptors (Lipinski definition) is 6. The summed E-state index contributed by atoms with van der Waals surface area (Å²) in [7, 11) is -3.64. The minimum absolute atomic E-state index is 0.0405. The molecule has 0 radical (unpaired) electrons. The minimum Gasteiger partial charge on any atom is -0.467 e. The Morgan fingerprint density at radius 2 is 1.96 bits per heavy atom. The molecule has 1 atom stereocenters. The lowest BCUT2D eigenvalue weighted by Crippen LogP contribution is -2.35. The van der Waals surface area contributed by atoms with Gasteiger partial charge in [-0.3, -0.25) is 4.79 Å². The van der Waals surface area contributed by atoms with Gasteiger partial charge in [0.1, 0.15) is 5.76 Å². The molecule has 0 unspecified atom stereocenters. The van der Waals surface area contributed by atoms with E-state index in [2.05, 4.69) is 5.32 Å². The van der Waals surface area contributed by atoms with E-state index in [9.17, 15) is 18.0 Å². The van der Waals surface area contributed by atoms with E-state index >= 15 is 0 Å². The highest BCUT2D eigenvalue weighted by molar-refractivity contribution is 7.89. The standard InChI is InChI=1S/C19H22N2O6S/c1-14(18(22)20-13-16-7-5-11-26-16)27-19(23)15-6-4-8-17(12-15)28(24,25)21-9-2-3-10-21/h4-8,11-12,14H,2-3,9-10,13H2,1H3,(H,20,22)/t14-/m0/s1. The van der Waals surface area contributed by atoms with Crippen molar-refractivity contribution in [3.8, 4) is 0 Å². The van der Waals surface area contributed by atoms with E-state index in [1.54, 1.807) is 12.1 Å². The maximum atomic E-state index is 12.6. The van der Waals surface area contributed by atoms with Crippen molar-refractivity contribution < 1.29 is 27.2 Å². The molecule has 1 aliphatic heterocycles. The number of nitrogens with one attached hydrogen (secondary N) is 1. The molecule has 0 saturated carbocycles. The summed E-state index contributed by atoms with van der Waals surface area (Å²) in [4.78, 5) is 24.5. The lowest BCUT2D eigenvalue weighted by molar-refractivity contribution is -0.129. The Balaban J connectivity index is 1.63. The van der Waals surface area contributed by atoms with Gasteiger partial charge in [-0.15, -0.1) is 0 Å². The number of hydrogen-bond donors (Lipinski definition) is 1. The Morgan fingerprint density at radius 3 is 2.64 bits per heavy atom. The molecule has 2 heterocycles. The van der Waals surface area contributed by atoms with Crippen molar-refractivity contribution in [3.05, 3.63) is 54.0 Å². The molecular weight excluding hydrogens is 384 g/mol. The number of carbonyl (C=O) groups excluding carboxylic acids is 2. The Hall–Kier alpha value is -2.65. The van der Waals surface area contributed by atoms with Gasteiger partial charge in [0, 0.05) is 13.1 Å². The van der Waals surface area contributed by atoms with Crippen LogP contribution in [-0.2, 0) is 26.1 Å². The molecule has 150 valence electrons. The Kier molecular flexibility index (Phi) is 6.15. The summed E-state index contributed by atoms with van der Waals surface area (Å²) in [6.07, 6.45) is 2.10. The molecule has 0 spiro atoms. The van der Waals surface area contributed by atoms with Gasteiger partial charge < -0.3 is 14.5 Å². The second-order valence-corrected chi connectivity index (χ2v) is 8.42. The third-order valence-corrected chi connectivity index (χ3v) is 6.34. The number of esters is 1. The van der Waals surface area contributed by atoms with Crippen LogP contribution in [0.1, 0.15) is 35.9 Å². The normalized spacial score (nSPS) is 15.9. The molecule has 1 aromatic carbocycles. The zero-order chi connectivity index (χ0) is 20.1. The zero-order valence-corrected chi connectivity index (χ0v) is 16.3. The van der Waals surface area contributed by atoms with Gasteiger partial charge in [-0.1, -0.05) is 6.07 Å². The fraction of sp³-hybridized carbons (Fsp3) is 0.368. The molecule has 28 heavy (non-hydrogen) atoms. The summed E-state index contributed by atoms with van der Waals surface area (Å²) in [6.45, 7) is 2.57. The molecule has 0 bridgehead atoms. The highest BCUT2D eigenvalue weighted by Gasteiger charge is 2.28. The summed E-state index contributed by atoms with van der Waals surface area (Å²) in [5, 5.41) is 2.60. The number of ether oxygens (including phenoxy) is 1. The van der Waals surface area contributed by atoms with Crippen LogP contribution in [0.25, 0.3) is 0 Å². The van der Waals surface area contributed by atoms with E-state index in [0.29, 0.717) is 18.8 Å². The zero-order valence-electron chi connectivity index (χ0n) is 15.5. The molecular formula is C19H22N2O6S. The van der Waals surface area contributed by atoms with Crippen LogP contribution in [-0.4, -0.2) is 43.8 Å². The molecule has 1 amide bonds. The van der Waals surface area contributed by atoms with Gasteiger partial charge in [0.15, 0.2) is 6.10 Å². The lowest BCUT2D eigenvalue weighted by Gasteiger charge is -2.16. The van der Waals surface area contributed by atoms with Gasteiger partial charge in [-0.2, -0.15) is 4.31 Å². The molecule has 0 aliphatic carbocycles. The molecule has 1 saturated heterocycles. The van der Waals surface area contributed by atoms with Crippen LogP contribution < -0.4 is 5.32 Å². The van der Waals surface area contributed by atoms with Crippen molar-refractivity contribution in [1.82, 2.24) is 9.62 Å². The average molecular weight is 406 g/mol. The van der Waals surface area contributed by atoms with Crippen molar-refractivity contribution in [3.63, 3.8) is 0 Å². The van der Waals surface area contributed by atoms with E-state index in [0.717, 1.165) is 12.8 Å². The quantitative estimate of drug-likeness (QED) is 0.704. The Labute approximate surface area is 163 Å². The first-order valence-corrected chi connectivity index (χ1v) is 10.4. The molecule has 1 N–H and O–H groups in total. The summed E-state index contributed by atoms with van der Waals surface area (Å²) in [5.41, 5.74) is 0.0750. The molecule has 8 nitrogen and oxygen atoms in total. The van der Waals surface area contributed by atoms with Gasteiger partial charge in [0.25, 0.3) is 5.91 Å². The van der Waals surface area contributed by atoms with Crippen molar-refractivity contribution in [2.75, 3.05) is 13.1 Å². The number of sulfonamides is 1. The van der Waals surface area contributed by atoms with Crippen LogP contribution in [0, 0.1) is 0 Å². The SMILES string of the molecule is C[C@H](OC(=O)c1cccc(S(=O)(=O)N2CCCC2)c1)C(=O)NCc1ccco1. The largest absolute Gasteiger partial charge is 0.467 e. The lowest BCUT2D eigenvalue weighted by atomic mass is 10.2. The summed E-state index contributed by atoms with van der Waals surface area (Å²) in [6, 6.07) is 9.09. The first kappa shape index (κ1) is 20.1. The molecule has 1 fully saturated rings. The topological polar surface area (TPSA) is 106 Å². The van der Waals surface area contributed by atoms with Crippen LogP contribution in [0.4, 0.5) is 0 Å². The number of carbonyl (C=O) groups is 2. The fourth-order valence-electron chi connectivity index (χ4n) is 2.87. The second-order valence-electron chi connectivity index (χ2n) is 6.48. The molecule has 3 rings (SSSR count). The smallest absolute Gasteiger partial charge is 0.338 e. The van der Waals surface area contributed by atoms with Crippen LogP contribution in [0.2, 0.25) is 0 Å². The van der Waals surface area contributed by atoms with Gasteiger partial charge in [0.05, 0.1) is 23.3 Å². The van der Waals surface area contributed by atoms with Gasteiger partial charge >= 0.3 is 5.97 Å². The third-order valence-electron chi connectivity index (χ3n) is 4.44. The number of rotatable bonds is 7. The van der Waals surface area contributed by atoms with Gasteiger partial charge in [-0.25, -0.2) is 13.2 Å². The third kappa shape index (κ3) is 4.60. The van der Waals surface area contributed by atoms with E-state index in [1.807, 2.05) is 0 Å². The average Bonchev–Trinajstić information content (AvgIpc) is 3.40. The maximum Gasteiger partial charge on any atom is 0.338 e. The van der Waals surface area contributed by atoms with Crippen LogP contribution in [0.5, 0.6) is 0 Å². The van der Waals surface area contributed by atoms with E-state index in [1.165, 1.54) is 41.8 Å². The molecule has 1 aromatic heterocycles.